The molecule has 21 heavy (non-hydrogen) atoms. The molecule has 3 unspecified atom stereocenters. The van der Waals surface area contributed by atoms with Crippen LogP contribution in [0.2, 0.25) is 0 Å². The number of nitrogens with zero attached hydrogens (tertiary/aromatic N) is 2. The third kappa shape index (κ3) is 4.43. The van der Waals surface area contributed by atoms with E-state index in [0.717, 1.165) is 38.9 Å². The van der Waals surface area contributed by atoms with Crippen molar-refractivity contribution < 1.29 is 14.7 Å². The SMILES string of the molecule is CC1CC(C)CN(C(=O)CN2CCCCCC2C(=O)O)C1. The quantitative estimate of drug-likeness (QED) is 0.863. The van der Waals surface area contributed by atoms with Crippen LogP contribution in [0, 0.1) is 11.8 Å². The molecule has 2 rings (SSSR count). The molecule has 5 heteroatoms. The van der Waals surface area contributed by atoms with E-state index in [2.05, 4.69) is 13.8 Å². The number of carboxylic acids is 1. The van der Waals surface area contributed by atoms with E-state index < -0.39 is 12.0 Å². The molecule has 0 aliphatic carbocycles. The van der Waals surface area contributed by atoms with Gasteiger partial charge in [-0.05, 0) is 37.6 Å². The van der Waals surface area contributed by atoms with Gasteiger partial charge >= 0.3 is 5.97 Å². The summed E-state index contributed by atoms with van der Waals surface area (Å²) in [5.41, 5.74) is 0. The molecule has 0 aromatic carbocycles. The molecule has 2 aliphatic rings. The lowest BCUT2D eigenvalue weighted by Gasteiger charge is -2.37. The van der Waals surface area contributed by atoms with E-state index >= 15 is 0 Å². The van der Waals surface area contributed by atoms with Gasteiger partial charge in [-0.1, -0.05) is 26.7 Å². The largest absolute Gasteiger partial charge is 0.480 e. The molecule has 1 amide bonds. The van der Waals surface area contributed by atoms with Crippen LogP contribution in [0.1, 0.15) is 46.0 Å². The molecule has 0 aromatic heterocycles. The van der Waals surface area contributed by atoms with E-state index in [4.69, 9.17) is 0 Å². The smallest absolute Gasteiger partial charge is 0.320 e. The van der Waals surface area contributed by atoms with Gasteiger partial charge in [-0.15, -0.1) is 0 Å². The molecule has 2 saturated heterocycles. The van der Waals surface area contributed by atoms with Crippen LogP contribution in [-0.4, -0.2) is 59.0 Å². The molecule has 0 spiro atoms. The van der Waals surface area contributed by atoms with Crippen LogP contribution in [0.3, 0.4) is 0 Å². The third-order valence-electron chi connectivity index (χ3n) is 4.71. The second kappa shape index (κ2) is 7.25. The number of carbonyl (C=O) groups is 2. The molecular weight excluding hydrogens is 268 g/mol. The van der Waals surface area contributed by atoms with Crippen molar-refractivity contribution in [3.63, 3.8) is 0 Å². The summed E-state index contributed by atoms with van der Waals surface area (Å²) in [6.45, 7) is 6.98. The van der Waals surface area contributed by atoms with Crippen LogP contribution in [0.5, 0.6) is 0 Å². The number of carbonyl (C=O) groups excluding carboxylic acids is 1. The van der Waals surface area contributed by atoms with Crippen LogP contribution >= 0.6 is 0 Å². The van der Waals surface area contributed by atoms with Crippen LogP contribution in [0.25, 0.3) is 0 Å². The lowest BCUT2D eigenvalue weighted by atomic mass is 9.92. The fraction of sp³-hybridized carbons (Fsp3) is 0.875. The number of aliphatic carboxylic acids is 1. The first-order chi connectivity index (χ1) is 9.97. The van der Waals surface area contributed by atoms with Gasteiger partial charge in [0.15, 0.2) is 0 Å². The summed E-state index contributed by atoms with van der Waals surface area (Å²) in [5.74, 6) is 0.390. The molecule has 0 aromatic rings. The summed E-state index contributed by atoms with van der Waals surface area (Å²) in [7, 11) is 0. The Morgan fingerprint density at radius 1 is 1.10 bits per heavy atom. The van der Waals surface area contributed by atoms with E-state index in [1.807, 2.05) is 9.80 Å². The first-order valence-electron chi connectivity index (χ1n) is 8.22. The summed E-state index contributed by atoms with van der Waals surface area (Å²) < 4.78 is 0. The van der Waals surface area contributed by atoms with Gasteiger partial charge in [0.25, 0.3) is 0 Å². The number of piperidine rings is 1. The van der Waals surface area contributed by atoms with E-state index in [1.54, 1.807) is 0 Å². The number of carboxylic acid groups (broad SMARTS) is 1. The summed E-state index contributed by atoms with van der Waals surface area (Å²) in [5, 5.41) is 9.37. The molecule has 0 bridgehead atoms. The van der Waals surface area contributed by atoms with Crippen molar-refractivity contribution in [2.45, 2.75) is 52.0 Å². The van der Waals surface area contributed by atoms with Gasteiger partial charge in [0.1, 0.15) is 6.04 Å². The Kier molecular flexibility index (Phi) is 5.62. The van der Waals surface area contributed by atoms with E-state index in [0.29, 0.717) is 18.3 Å². The maximum absolute atomic E-state index is 12.5. The van der Waals surface area contributed by atoms with Crippen molar-refractivity contribution in [2.24, 2.45) is 11.8 Å². The first-order valence-corrected chi connectivity index (χ1v) is 8.22. The Bertz CT molecular complexity index is 376. The maximum atomic E-state index is 12.5. The molecule has 0 saturated carbocycles. The number of likely N-dealkylation sites (tertiary alicyclic amines) is 2. The minimum atomic E-state index is -0.787. The Hall–Kier alpha value is -1.10. The summed E-state index contributed by atoms with van der Waals surface area (Å²) in [4.78, 5) is 27.8. The van der Waals surface area contributed by atoms with Crippen LogP contribution in [0.15, 0.2) is 0 Å². The molecule has 2 fully saturated rings. The predicted octanol–water partition coefficient (Wildman–Crippen LogP) is 1.82. The van der Waals surface area contributed by atoms with Gasteiger partial charge in [0.2, 0.25) is 5.91 Å². The van der Waals surface area contributed by atoms with Gasteiger partial charge < -0.3 is 10.0 Å². The number of amides is 1. The van der Waals surface area contributed by atoms with Crippen LogP contribution in [-0.2, 0) is 9.59 Å². The molecule has 2 heterocycles. The summed E-state index contributed by atoms with van der Waals surface area (Å²) in [6.07, 6.45) is 4.83. The topological polar surface area (TPSA) is 60.9 Å². The first kappa shape index (κ1) is 16.3. The number of rotatable bonds is 3. The fourth-order valence-corrected chi connectivity index (χ4v) is 3.78. The fourth-order valence-electron chi connectivity index (χ4n) is 3.78. The van der Waals surface area contributed by atoms with E-state index in [9.17, 15) is 14.7 Å². The van der Waals surface area contributed by atoms with Crippen molar-refractivity contribution in [3.05, 3.63) is 0 Å². The second-order valence-corrected chi connectivity index (χ2v) is 6.92. The van der Waals surface area contributed by atoms with E-state index in [-0.39, 0.29) is 12.5 Å². The van der Waals surface area contributed by atoms with Crippen molar-refractivity contribution in [1.29, 1.82) is 0 Å². The predicted molar refractivity (Wildman–Crippen MR) is 81.0 cm³/mol. The van der Waals surface area contributed by atoms with Crippen molar-refractivity contribution in [2.75, 3.05) is 26.2 Å². The van der Waals surface area contributed by atoms with Gasteiger partial charge in [-0.3, -0.25) is 14.5 Å². The minimum Gasteiger partial charge on any atom is -0.480 e. The Balaban J connectivity index is 1.97. The minimum absolute atomic E-state index is 0.0987. The Morgan fingerprint density at radius 2 is 1.76 bits per heavy atom. The Morgan fingerprint density at radius 3 is 2.38 bits per heavy atom. The van der Waals surface area contributed by atoms with Crippen molar-refractivity contribution in [3.8, 4) is 0 Å². The molecule has 0 radical (unpaired) electrons. The van der Waals surface area contributed by atoms with Crippen molar-refractivity contribution >= 4 is 11.9 Å². The van der Waals surface area contributed by atoms with Crippen LogP contribution < -0.4 is 0 Å². The molecule has 3 atom stereocenters. The Labute approximate surface area is 127 Å². The highest BCUT2D eigenvalue weighted by molar-refractivity contribution is 5.80. The van der Waals surface area contributed by atoms with Crippen LogP contribution in [0.4, 0.5) is 0 Å². The maximum Gasteiger partial charge on any atom is 0.320 e. The summed E-state index contributed by atoms with van der Waals surface area (Å²) >= 11 is 0. The zero-order chi connectivity index (χ0) is 15.4. The molecular formula is C16H28N2O3. The third-order valence-corrected chi connectivity index (χ3v) is 4.71. The zero-order valence-electron chi connectivity index (χ0n) is 13.3. The van der Waals surface area contributed by atoms with Gasteiger partial charge in [-0.25, -0.2) is 0 Å². The average Bonchev–Trinajstić information content (AvgIpc) is 2.63. The number of hydrogen-bond acceptors (Lipinski definition) is 3. The molecule has 1 N–H and O–H groups in total. The van der Waals surface area contributed by atoms with Crippen molar-refractivity contribution in [1.82, 2.24) is 9.80 Å². The lowest BCUT2D eigenvalue weighted by molar-refractivity contribution is -0.145. The van der Waals surface area contributed by atoms with Gasteiger partial charge in [0.05, 0.1) is 6.54 Å². The van der Waals surface area contributed by atoms with E-state index in [1.165, 1.54) is 6.42 Å². The van der Waals surface area contributed by atoms with Gasteiger partial charge in [0, 0.05) is 13.1 Å². The molecule has 120 valence electrons. The highest BCUT2D eigenvalue weighted by atomic mass is 16.4. The second-order valence-electron chi connectivity index (χ2n) is 6.92. The standard InChI is InChI=1S/C16H28N2O3/c1-12-8-13(2)10-18(9-12)15(19)11-17-7-5-3-4-6-14(17)16(20)21/h12-14H,3-11H2,1-2H3,(H,20,21). The highest BCUT2D eigenvalue weighted by Crippen LogP contribution is 2.22. The zero-order valence-corrected chi connectivity index (χ0v) is 13.3. The highest BCUT2D eigenvalue weighted by Gasteiger charge is 2.31. The number of hydrogen-bond donors (Lipinski definition) is 1. The average molecular weight is 296 g/mol. The van der Waals surface area contributed by atoms with Gasteiger partial charge in [-0.2, -0.15) is 0 Å². The molecule has 5 nitrogen and oxygen atoms in total. The normalized spacial score (nSPS) is 31.7. The summed E-state index contributed by atoms with van der Waals surface area (Å²) in [6, 6.07) is -0.490. The lowest BCUT2D eigenvalue weighted by Crippen LogP contribution is -2.50. The molecule has 2 aliphatic heterocycles. The monoisotopic (exact) mass is 296 g/mol.